The first-order valence-corrected chi connectivity index (χ1v) is 11.2. The monoisotopic (exact) mass is 484 g/mol. The van der Waals surface area contributed by atoms with Crippen molar-refractivity contribution in [1.82, 2.24) is 14.8 Å². The van der Waals surface area contributed by atoms with Gasteiger partial charge in [-0.1, -0.05) is 64.8 Å². The fourth-order valence-corrected chi connectivity index (χ4v) is 4.10. The number of carbonyl (C=O) groups is 1. The number of anilines is 1. The average molecular weight is 486 g/mol. The molecule has 0 saturated heterocycles. The van der Waals surface area contributed by atoms with Crippen LogP contribution in [0.15, 0.2) is 47.6 Å². The molecular formula is C20H19Cl3N4O2S. The molecule has 3 rings (SSSR count). The van der Waals surface area contributed by atoms with Crippen LogP contribution in [-0.4, -0.2) is 26.4 Å². The number of benzene rings is 2. The Balaban J connectivity index is 1.64. The van der Waals surface area contributed by atoms with E-state index in [0.29, 0.717) is 38.3 Å². The van der Waals surface area contributed by atoms with E-state index in [1.165, 1.54) is 23.9 Å². The van der Waals surface area contributed by atoms with Crippen molar-refractivity contribution < 1.29 is 9.53 Å². The number of thioether (sulfide) groups is 1. The van der Waals surface area contributed by atoms with Crippen LogP contribution in [0.2, 0.25) is 15.1 Å². The molecule has 0 radical (unpaired) electrons. The third-order valence-electron chi connectivity index (χ3n) is 4.10. The van der Waals surface area contributed by atoms with Crippen LogP contribution < -0.4 is 10.1 Å². The van der Waals surface area contributed by atoms with Crippen LogP contribution in [0.3, 0.4) is 0 Å². The van der Waals surface area contributed by atoms with Gasteiger partial charge in [-0.3, -0.25) is 4.79 Å². The molecule has 0 bridgehead atoms. The fraction of sp³-hybridized carbons (Fsp3) is 0.250. The molecule has 0 fully saturated rings. The van der Waals surface area contributed by atoms with Gasteiger partial charge in [0.1, 0.15) is 5.75 Å². The van der Waals surface area contributed by atoms with Crippen molar-refractivity contribution in [3.8, 4) is 5.75 Å². The van der Waals surface area contributed by atoms with Gasteiger partial charge in [0.2, 0.25) is 5.91 Å². The number of rotatable bonds is 8. The van der Waals surface area contributed by atoms with Gasteiger partial charge in [-0.05, 0) is 38.1 Å². The van der Waals surface area contributed by atoms with E-state index in [4.69, 9.17) is 39.5 Å². The number of nitrogens with zero attached hydrogens (tertiary/aromatic N) is 3. The van der Waals surface area contributed by atoms with Crippen LogP contribution in [0.4, 0.5) is 5.69 Å². The molecule has 10 heteroatoms. The third-order valence-corrected chi connectivity index (χ3v) is 6.10. The van der Waals surface area contributed by atoms with Gasteiger partial charge in [0.25, 0.3) is 0 Å². The van der Waals surface area contributed by atoms with Crippen LogP contribution in [0.5, 0.6) is 5.75 Å². The molecule has 2 aromatic carbocycles. The molecule has 1 atom stereocenters. The lowest BCUT2D eigenvalue weighted by atomic mass is 10.3. The van der Waals surface area contributed by atoms with E-state index in [1.807, 2.05) is 48.7 Å². The summed E-state index contributed by atoms with van der Waals surface area (Å²) in [6, 6.07) is 12.5. The molecule has 0 aliphatic heterocycles. The second-order valence-electron chi connectivity index (χ2n) is 6.24. The Morgan fingerprint density at radius 2 is 1.83 bits per heavy atom. The van der Waals surface area contributed by atoms with Crippen molar-refractivity contribution in [3.05, 3.63) is 63.4 Å². The maximum atomic E-state index is 12.4. The zero-order valence-electron chi connectivity index (χ0n) is 16.2. The van der Waals surface area contributed by atoms with E-state index in [0.717, 1.165) is 5.75 Å². The van der Waals surface area contributed by atoms with Crippen molar-refractivity contribution in [3.63, 3.8) is 0 Å². The molecule has 0 aliphatic carbocycles. The van der Waals surface area contributed by atoms with Crippen LogP contribution in [-0.2, 0) is 11.3 Å². The summed E-state index contributed by atoms with van der Waals surface area (Å²) in [5, 5.41) is 12.8. The highest BCUT2D eigenvalue weighted by molar-refractivity contribution is 7.99. The molecule has 1 heterocycles. The van der Waals surface area contributed by atoms with E-state index in [2.05, 4.69) is 15.5 Å². The normalized spacial score (nSPS) is 11.9. The molecule has 1 amide bonds. The summed E-state index contributed by atoms with van der Waals surface area (Å²) >= 11 is 19.3. The lowest BCUT2D eigenvalue weighted by molar-refractivity contribution is -0.113. The van der Waals surface area contributed by atoms with Crippen molar-refractivity contribution in [2.75, 3.05) is 11.1 Å². The number of carbonyl (C=O) groups excluding carboxylic acids is 1. The minimum absolute atomic E-state index is 0.128. The summed E-state index contributed by atoms with van der Waals surface area (Å²) in [4.78, 5) is 12.4. The zero-order chi connectivity index (χ0) is 21.7. The number of halogens is 3. The molecule has 30 heavy (non-hydrogen) atoms. The Hall–Kier alpha value is -1.93. The SMILES string of the molecule is CCn1c(SCC(=O)Nc2cc(Cl)c(Cl)cc2Cl)nnc1[C@@H](C)Oc1ccccc1. The predicted molar refractivity (Wildman–Crippen MR) is 122 cm³/mol. The summed E-state index contributed by atoms with van der Waals surface area (Å²) in [6.45, 7) is 4.55. The molecular weight excluding hydrogens is 467 g/mol. The number of nitrogens with one attached hydrogen (secondary N) is 1. The minimum Gasteiger partial charge on any atom is -0.483 e. The van der Waals surface area contributed by atoms with Crippen LogP contribution >= 0.6 is 46.6 Å². The van der Waals surface area contributed by atoms with Crippen molar-refractivity contribution in [2.24, 2.45) is 0 Å². The second kappa shape index (κ2) is 10.4. The first-order chi connectivity index (χ1) is 14.4. The second-order valence-corrected chi connectivity index (χ2v) is 8.41. The molecule has 0 aliphatic rings. The van der Waals surface area contributed by atoms with Gasteiger partial charge < -0.3 is 14.6 Å². The van der Waals surface area contributed by atoms with Gasteiger partial charge >= 0.3 is 0 Å². The number of ether oxygens (including phenoxy) is 1. The number of amides is 1. The minimum atomic E-state index is -0.293. The summed E-state index contributed by atoms with van der Waals surface area (Å²) in [6.07, 6.45) is -0.293. The predicted octanol–water partition coefficient (Wildman–Crippen LogP) is 6.13. The van der Waals surface area contributed by atoms with E-state index in [9.17, 15) is 4.79 Å². The Morgan fingerprint density at radius 3 is 2.53 bits per heavy atom. The molecule has 0 saturated carbocycles. The van der Waals surface area contributed by atoms with Gasteiger partial charge in [-0.15, -0.1) is 10.2 Å². The summed E-state index contributed by atoms with van der Waals surface area (Å²) in [5.74, 6) is 1.32. The lowest BCUT2D eigenvalue weighted by Crippen LogP contribution is -2.15. The number of aromatic nitrogens is 3. The maximum absolute atomic E-state index is 12.4. The number of para-hydroxylation sites is 1. The Morgan fingerprint density at radius 1 is 1.13 bits per heavy atom. The molecule has 3 aromatic rings. The number of hydrogen-bond acceptors (Lipinski definition) is 5. The van der Waals surface area contributed by atoms with Gasteiger partial charge in [0, 0.05) is 6.54 Å². The smallest absolute Gasteiger partial charge is 0.234 e. The summed E-state index contributed by atoms with van der Waals surface area (Å²) in [7, 11) is 0. The first-order valence-electron chi connectivity index (χ1n) is 9.11. The van der Waals surface area contributed by atoms with Crippen LogP contribution in [0, 0.1) is 0 Å². The van der Waals surface area contributed by atoms with E-state index >= 15 is 0 Å². The molecule has 158 valence electrons. The highest BCUT2D eigenvalue weighted by Gasteiger charge is 2.19. The molecule has 1 N–H and O–H groups in total. The highest BCUT2D eigenvalue weighted by Crippen LogP contribution is 2.32. The standard InChI is InChI=1S/C20H19Cl3N4O2S/c1-3-27-19(12(2)29-13-7-5-4-6-8-13)25-26-20(27)30-11-18(28)24-17-10-15(22)14(21)9-16(17)23/h4-10,12H,3,11H2,1-2H3,(H,24,28)/t12-/m1/s1. The topological polar surface area (TPSA) is 69.0 Å². The van der Waals surface area contributed by atoms with Crippen LogP contribution in [0.1, 0.15) is 25.8 Å². The number of hydrogen-bond donors (Lipinski definition) is 1. The third kappa shape index (κ3) is 5.60. The molecule has 0 spiro atoms. The van der Waals surface area contributed by atoms with Crippen LogP contribution in [0.25, 0.3) is 0 Å². The lowest BCUT2D eigenvalue weighted by Gasteiger charge is -2.15. The summed E-state index contributed by atoms with van der Waals surface area (Å²) < 4.78 is 7.87. The Labute approximate surface area is 193 Å². The molecule has 6 nitrogen and oxygen atoms in total. The molecule has 0 unspecified atom stereocenters. The maximum Gasteiger partial charge on any atom is 0.234 e. The highest BCUT2D eigenvalue weighted by atomic mass is 35.5. The van der Waals surface area contributed by atoms with Gasteiger partial charge in [-0.2, -0.15) is 0 Å². The van der Waals surface area contributed by atoms with Gasteiger partial charge in [0.15, 0.2) is 17.1 Å². The van der Waals surface area contributed by atoms with Crippen molar-refractivity contribution in [2.45, 2.75) is 31.7 Å². The van der Waals surface area contributed by atoms with E-state index in [-0.39, 0.29) is 17.8 Å². The first kappa shape index (κ1) is 22.7. The van der Waals surface area contributed by atoms with Crippen molar-refractivity contribution >= 4 is 58.2 Å². The largest absolute Gasteiger partial charge is 0.483 e. The Bertz CT molecular complexity index is 1030. The van der Waals surface area contributed by atoms with E-state index in [1.54, 1.807) is 0 Å². The van der Waals surface area contributed by atoms with E-state index < -0.39 is 0 Å². The fourth-order valence-electron chi connectivity index (χ4n) is 2.70. The Kier molecular flexibility index (Phi) is 7.88. The molecule has 1 aromatic heterocycles. The van der Waals surface area contributed by atoms with Crippen molar-refractivity contribution in [1.29, 1.82) is 0 Å². The zero-order valence-corrected chi connectivity index (χ0v) is 19.3. The average Bonchev–Trinajstić information content (AvgIpc) is 3.14. The van der Waals surface area contributed by atoms with Gasteiger partial charge in [-0.25, -0.2) is 0 Å². The quantitative estimate of drug-likeness (QED) is 0.307. The van der Waals surface area contributed by atoms with Gasteiger partial charge in [0.05, 0.1) is 26.5 Å². The summed E-state index contributed by atoms with van der Waals surface area (Å²) in [5.41, 5.74) is 0.402.